The lowest BCUT2D eigenvalue weighted by Crippen LogP contribution is -2.36. The van der Waals surface area contributed by atoms with Crippen molar-refractivity contribution in [3.63, 3.8) is 0 Å². The van der Waals surface area contributed by atoms with Gasteiger partial charge in [0.2, 0.25) is 5.91 Å². The fourth-order valence-corrected chi connectivity index (χ4v) is 2.60. The molecule has 0 saturated carbocycles. The van der Waals surface area contributed by atoms with E-state index in [1.54, 1.807) is 0 Å². The molecule has 1 aromatic carbocycles. The van der Waals surface area contributed by atoms with Gasteiger partial charge in [-0.05, 0) is 30.4 Å². The molecule has 0 radical (unpaired) electrons. The number of amides is 1. The van der Waals surface area contributed by atoms with Crippen LogP contribution in [0.5, 0.6) is 0 Å². The molecule has 1 unspecified atom stereocenters. The summed E-state index contributed by atoms with van der Waals surface area (Å²) < 4.78 is 0. The Kier molecular flexibility index (Phi) is 4.97. The lowest BCUT2D eigenvalue weighted by atomic mass is 9.88. The Hall–Kier alpha value is -1.35. The maximum absolute atomic E-state index is 11.5. The van der Waals surface area contributed by atoms with E-state index in [4.69, 9.17) is 0 Å². The molecule has 0 aliphatic heterocycles. The number of carbonyl (C=O) groups excluding carboxylic acids is 1. The van der Waals surface area contributed by atoms with Crippen molar-refractivity contribution in [1.29, 1.82) is 0 Å². The van der Waals surface area contributed by atoms with E-state index in [9.17, 15) is 4.79 Å². The standard InChI is InChI=1S/C16H24N2O/c1-12(2)16(19)18-11-10-17-15-9-5-7-13-6-3-4-8-14(13)15/h3-4,6,8,12,15,17H,5,7,9-11H2,1-2H3,(H,18,19). The van der Waals surface area contributed by atoms with Crippen LogP contribution in [0.1, 0.15) is 43.9 Å². The molecular formula is C16H24N2O. The minimum atomic E-state index is 0.0652. The molecule has 2 rings (SSSR count). The third-order valence-electron chi connectivity index (χ3n) is 3.71. The Labute approximate surface area is 115 Å². The van der Waals surface area contributed by atoms with Gasteiger partial charge in [-0.15, -0.1) is 0 Å². The van der Waals surface area contributed by atoms with E-state index in [1.165, 1.54) is 30.4 Å². The van der Waals surface area contributed by atoms with Crippen LogP contribution in [0.4, 0.5) is 0 Å². The largest absolute Gasteiger partial charge is 0.355 e. The number of hydrogen-bond acceptors (Lipinski definition) is 2. The predicted octanol–water partition coefficient (Wildman–Crippen LogP) is 2.43. The summed E-state index contributed by atoms with van der Waals surface area (Å²) in [5.41, 5.74) is 2.90. The first-order valence-corrected chi connectivity index (χ1v) is 7.27. The molecule has 0 saturated heterocycles. The number of nitrogens with one attached hydrogen (secondary N) is 2. The Morgan fingerprint density at radius 1 is 1.32 bits per heavy atom. The van der Waals surface area contributed by atoms with Gasteiger partial charge >= 0.3 is 0 Å². The number of benzene rings is 1. The van der Waals surface area contributed by atoms with Crippen LogP contribution in [0, 0.1) is 5.92 Å². The first-order chi connectivity index (χ1) is 9.18. The summed E-state index contributed by atoms with van der Waals surface area (Å²) in [6.45, 7) is 5.37. The van der Waals surface area contributed by atoms with Crippen molar-refractivity contribution < 1.29 is 4.79 Å². The van der Waals surface area contributed by atoms with Crippen LogP contribution in [0.3, 0.4) is 0 Å². The van der Waals surface area contributed by atoms with Crippen LogP contribution in [-0.2, 0) is 11.2 Å². The van der Waals surface area contributed by atoms with Gasteiger partial charge in [-0.3, -0.25) is 4.79 Å². The third kappa shape index (κ3) is 3.80. The average molecular weight is 260 g/mol. The lowest BCUT2D eigenvalue weighted by Gasteiger charge is -2.26. The van der Waals surface area contributed by atoms with Crippen molar-refractivity contribution in [1.82, 2.24) is 10.6 Å². The summed E-state index contributed by atoms with van der Waals surface area (Å²) in [5, 5.41) is 6.50. The predicted molar refractivity (Wildman–Crippen MR) is 78.0 cm³/mol. The van der Waals surface area contributed by atoms with Crippen LogP contribution in [0.15, 0.2) is 24.3 Å². The molecule has 19 heavy (non-hydrogen) atoms. The monoisotopic (exact) mass is 260 g/mol. The Morgan fingerprint density at radius 3 is 2.89 bits per heavy atom. The van der Waals surface area contributed by atoms with E-state index in [0.717, 1.165) is 6.54 Å². The molecule has 1 aliphatic rings. The highest BCUT2D eigenvalue weighted by Gasteiger charge is 2.18. The maximum Gasteiger partial charge on any atom is 0.222 e. The van der Waals surface area contributed by atoms with E-state index >= 15 is 0 Å². The number of fused-ring (bicyclic) bond motifs is 1. The first-order valence-electron chi connectivity index (χ1n) is 7.27. The van der Waals surface area contributed by atoms with E-state index in [-0.39, 0.29) is 11.8 Å². The van der Waals surface area contributed by atoms with Crippen LogP contribution in [0.2, 0.25) is 0 Å². The average Bonchev–Trinajstić information content (AvgIpc) is 2.43. The zero-order valence-electron chi connectivity index (χ0n) is 11.9. The van der Waals surface area contributed by atoms with Gasteiger partial charge in [-0.2, -0.15) is 0 Å². The highest BCUT2D eigenvalue weighted by atomic mass is 16.1. The molecule has 0 heterocycles. The second-order valence-electron chi connectivity index (χ2n) is 5.54. The van der Waals surface area contributed by atoms with Crippen LogP contribution >= 0.6 is 0 Å². The van der Waals surface area contributed by atoms with E-state index in [1.807, 2.05) is 13.8 Å². The second kappa shape index (κ2) is 6.71. The van der Waals surface area contributed by atoms with Crippen LogP contribution < -0.4 is 10.6 Å². The molecule has 1 amide bonds. The number of hydrogen-bond donors (Lipinski definition) is 2. The summed E-state index contributed by atoms with van der Waals surface area (Å²) in [7, 11) is 0. The summed E-state index contributed by atoms with van der Waals surface area (Å²) in [5.74, 6) is 0.196. The zero-order chi connectivity index (χ0) is 13.7. The summed E-state index contributed by atoms with van der Waals surface area (Å²) in [6, 6.07) is 9.12. The third-order valence-corrected chi connectivity index (χ3v) is 3.71. The minimum absolute atomic E-state index is 0.0652. The lowest BCUT2D eigenvalue weighted by molar-refractivity contribution is -0.123. The van der Waals surface area contributed by atoms with Gasteiger partial charge in [0.25, 0.3) is 0 Å². The SMILES string of the molecule is CC(C)C(=O)NCCNC1CCCc2ccccc21. The van der Waals surface area contributed by atoms with E-state index in [0.29, 0.717) is 12.6 Å². The zero-order valence-corrected chi connectivity index (χ0v) is 11.9. The van der Waals surface area contributed by atoms with Gasteiger partial charge < -0.3 is 10.6 Å². The molecule has 1 aromatic rings. The molecule has 2 N–H and O–H groups in total. The topological polar surface area (TPSA) is 41.1 Å². The number of aryl methyl sites for hydroxylation is 1. The van der Waals surface area contributed by atoms with Crippen molar-refractivity contribution >= 4 is 5.91 Å². The fraction of sp³-hybridized carbons (Fsp3) is 0.562. The van der Waals surface area contributed by atoms with Crippen molar-refractivity contribution in [2.45, 2.75) is 39.2 Å². The van der Waals surface area contributed by atoms with Gasteiger partial charge in [-0.1, -0.05) is 38.1 Å². The Balaban J connectivity index is 1.80. The van der Waals surface area contributed by atoms with Gasteiger partial charge in [-0.25, -0.2) is 0 Å². The normalized spacial score (nSPS) is 18.2. The Bertz CT molecular complexity index is 429. The Morgan fingerprint density at radius 2 is 2.11 bits per heavy atom. The van der Waals surface area contributed by atoms with Crippen molar-refractivity contribution in [3.8, 4) is 0 Å². The highest BCUT2D eigenvalue weighted by molar-refractivity contribution is 5.77. The molecule has 0 aromatic heterocycles. The molecule has 3 heteroatoms. The molecular weight excluding hydrogens is 236 g/mol. The fourth-order valence-electron chi connectivity index (χ4n) is 2.60. The minimum Gasteiger partial charge on any atom is -0.355 e. The van der Waals surface area contributed by atoms with E-state index in [2.05, 4.69) is 34.9 Å². The van der Waals surface area contributed by atoms with Crippen LogP contribution in [-0.4, -0.2) is 19.0 Å². The molecule has 0 fully saturated rings. The van der Waals surface area contributed by atoms with Crippen molar-refractivity contribution in [3.05, 3.63) is 35.4 Å². The van der Waals surface area contributed by atoms with Crippen LogP contribution in [0.25, 0.3) is 0 Å². The van der Waals surface area contributed by atoms with E-state index < -0.39 is 0 Å². The van der Waals surface area contributed by atoms with Gasteiger partial charge in [0.15, 0.2) is 0 Å². The number of rotatable bonds is 5. The second-order valence-corrected chi connectivity index (χ2v) is 5.54. The molecule has 3 nitrogen and oxygen atoms in total. The number of carbonyl (C=O) groups is 1. The molecule has 1 atom stereocenters. The summed E-state index contributed by atoms with van der Waals surface area (Å²) in [4.78, 5) is 11.5. The van der Waals surface area contributed by atoms with Gasteiger partial charge in [0, 0.05) is 25.0 Å². The molecule has 1 aliphatic carbocycles. The first kappa shape index (κ1) is 14.1. The maximum atomic E-state index is 11.5. The quantitative estimate of drug-likeness (QED) is 0.798. The highest BCUT2D eigenvalue weighted by Crippen LogP contribution is 2.28. The van der Waals surface area contributed by atoms with Crippen molar-refractivity contribution in [2.24, 2.45) is 5.92 Å². The molecule has 104 valence electrons. The smallest absolute Gasteiger partial charge is 0.222 e. The molecule has 0 spiro atoms. The van der Waals surface area contributed by atoms with Gasteiger partial charge in [0.1, 0.15) is 0 Å². The van der Waals surface area contributed by atoms with Gasteiger partial charge in [0.05, 0.1) is 0 Å². The summed E-state index contributed by atoms with van der Waals surface area (Å²) >= 11 is 0. The molecule has 0 bridgehead atoms. The van der Waals surface area contributed by atoms with Crippen molar-refractivity contribution in [2.75, 3.05) is 13.1 Å². The summed E-state index contributed by atoms with van der Waals surface area (Å²) in [6.07, 6.45) is 3.63.